The van der Waals surface area contributed by atoms with Crippen molar-refractivity contribution in [2.45, 2.75) is 0 Å². The van der Waals surface area contributed by atoms with Crippen LogP contribution in [0.2, 0.25) is 0 Å². The first-order valence-electron chi connectivity index (χ1n) is 5.57. The van der Waals surface area contributed by atoms with Gasteiger partial charge in [0.2, 0.25) is 5.91 Å². The Kier molecular flexibility index (Phi) is 6.99. The van der Waals surface area contributed by atoms with Gasteiger partial charge in [0.1, 0.15) is 0 Å². The molecule has 1 heterocycles. The number of amides is 3. The number of urea groups is 1. The molecule has 1 aliphatic heterocycles. The molecule has 1 rings (SSSR count). The average molecular weight is 261 g/mol. The molecule has 1 aliphatic rings. The summed E-state index contributed by atoms with van der Waals surface area (Å²) in [4.78, 5) is 22.5. The summed E-state index contributed by atoms with van der Waals surface area (Å²) < 4.78 is 4.77. The minimum Gasteiger partial charge on any atom is -0.383 e. The molecule has 0 spiro atoms. The summed E-state index contributed by atoms with van der Waals surface area (Å²) in [6.07, 6.45) is 0. The molecule has 6 nitrogen and oxygen atoms in total. The van der Waals surface area contributed by atoms with Gasteiger partial charge in [-0.15, -0.1) is 0 Å². The molecule has 0 radical (unpaired) electrons. The number of carbonyl (C=O) groups excluding carboxylic acids is 2. The zero-order chi connectivity index (χ0) is 12.5. The van der Waals surface area contributed by atoms with Crippen molar-refractivity contribution in [3.63, 3.8) is 0 Å². The molecule has 0 atom stereocenters. The van der Waals surface area contributed by atoms with Gasteiger partial charge >= 0.3 is 6.03 Å². The third-order valence-corrected chi connectivity index (χ3v) is 3.47. The Morgan fingerprint density at radius 3 is 2.82 bits per heavy atom. The minimum absolute atomic E-state index is 0.253. The van der Waals surface area contributed by atoms with Gasteiger partial charge in [0.15, 0.2) is 0 Å². The predicted molar refractivity (Wildman–Crippen MR) is 67.1 cm³/mol. The van der Waals surface area contributed by atoms with E-state index >= 15 is 0 Å². The Bertz CT molecular complexity index is 259. The zero-order valence-corrected chi connectivity index (χ0v) is 10.8. The van der Waals surface area contributed by atoms with Crippen LogP contribution in [-0.4, -0.2) is 56.8 Å². The number of imide groups is 1. The summed E-state index contributed by atoms with van der Waals surface area (Å²) >= 11 is 1.56. The molecule has 0 aromatic carbocycles. The van der Waals surface area contributed by atoms with Gasteiger partial charge < -0.3 is 15.4 Å². The first-order valence-corrected chi connectivity index (χ1v) is 6.73. The fourth-order valence-corrected chi connectivity index (χ4v) is 2.20. The minimum atomic E-state index is -0.460. The molecule has 1 saturated heterocycles. The van der Waals surface area contributed by atoms with E-state index in [0.29, 0.717) is 24.8 Å². The van der Waals surface area contributed by atoms with Crippen molar-refractivity contribution in [2.75, 3.05) is 44.9 Å². The van der Waals surface area contributed by atoms with Crippen molar-refractivity contribution in [3.8, 4) is 0 Å². The van der Waals surface area contributed by atoms with E-state index in [1.54, 1.807) is 18.9 Å². The first-order chi connectivity index (χ1) is 8.22. The van der Waals surface area contributed by atoms with Crippen LogP contribution >= 0.6 is 11.8 Å². The molecule has 0 saturated carbocycles. The number of thioether (sulfide) groups is 1. The maximum atomic E-state index is 11.3. The van der Waals surface area contributed by atoms with Crippen LogP contribution in [0.25, 0.3) is 0 Å². The van der Waals surface area contributed by atoms with Gasteiger partial charge in [0.05, 0.1) is 12.4 Å². The van der Waals surface area contributed by atoms with E-state index in [1.165, 1.54) is 0 Å². The molecule has 0 bridgehead atoms. The Hall–Kier alpha value is -0.790. The van der Waals surface area contributed by atoms with Crippen molar-refractivity contribution in [3.05, 3.63) is 0 Å². The first kappa shape index (κ1) is 14.3. The highest BCUT2D eigenvalue weighted by molar-refractivity contribution is 7.99. The number of hydrogen-bond acceptors (Lipinski definition) is 5. The fourth-order valence-electron chi connectivity index (χ4n) is 1.26. The summed E-state index contributed by atoms with van der Waals surface area (Å²) in [5.41, 5.74) is 0. The number of rotatable bonds is 7. The van der Waals surface area contributed by atoms with E-state index in [9.17, 15) is 9.59 Å². The maximum Gasteiger partial charge on any atom is 0.321 e. The van der Waals surface area contributed by atoms with Crippen LogP contribution < -0.4 is 16.0 Å². The number of ether oxygens (including phenoxy) is 1. The predicted octanol–water partition coefficient (Wildman–Crippen LogP) is -0.589. The van der Waals surface area contributed by atoms with Gasteiger partial charge in [0, 0.05) is 13.7 Å². The summed E-state index contributed by atoms with van der Waals surface area (Å²) in [5.74, 6) is 1.71. The third-order valence-electron chi connectivity index (χ3n) is 2.30. The van der Waals surface area contributed by atoms with Gasteiger partial charge in [-0.05, 0) is 24.8 Å². The number of methoxy groups -OCH3 is 1. The van der Waals surface area contributed by atoms with Crippen LogP contribution in [0.5, 0.6) is 0 Å². The Labute approximate surface area is 105 Å². The summed E-state index contributed by atoms with van der Waals surface area (Å²) in [5, 5.41) is 7.96. The standard InChI is InChI=1S/C10H19N3O3S/c1-16-3-2-12-10(15)13-9(14)7-17-6-8-4-11-5-8/h8,11H,2-7H2,1H3,(H2,12,13,14,15). The van der Waals surface area contributed by atoms with Crippen LogP contribution in [0.1, 0.15) is 0 Å². The molecule has 98 valence electrons. The molecule has 7 heteroatoms. The highest BCUT2D eigenvalue weighted by Gasteiger charge is 2.17. The second kappa shape index (κ2) is 8.32. The number of hydrogen-bond donors (Lipinski definition) is 3. The summed E-state index contributed by atoms with van der Waals surface area (Å²) in [7, 11) is 1.55. The Morgan fingerprint density at radius 2 is 2.24 bits per heavy atom. The van der Waals surface area contributed by atoms with Crippen molar-refractivity contribution < 1.29 is 14.3 Å². The molecule has 3 N–H and O–H groups in total. The third kappa shape index (κ3) is 6.50. The normalized spacial score (nSPS) is 15.1. The second-order valence-corrected chi connectivity index (χ2v) is 4.87. The molecule has 17 heavy (non-hydrogen) atoms. The molecule has 1 fully saturated rings. The van der Waals surface area contributed by atoms with Crippen LogP contribution in [0, 0.1) is 5.92 Å². The summed E-state index contributed by atoms with van der Waals surface area (Å²) in [6.45, 7) is 2.90. The van der Waals surface area contributed by atoms with E-state index < -0.39 is 6.03 Å². The van der Waals surface area contributed by atoms with Crippen molar-refractivity contribution in [2.24, 2.45) is 5.92 Å². The van der Waals surface area contributed by atoms with E-state index in [2.05, 4.69) is 16.0 Å². The molecule has 0 aromatic heterocycles. The molecule has 0 aromatic rings. The van der Waals surface area contributed by atoms with Gasteiger partial charge in [-0.25, -0.2) is 4.79 Å². The monoisotopic (exact) mass is 261 g/mol. The van der Waals surface area contributed by atoms with Gasteiger partial charge in [0.25, 0.3) is 0 Å². The quantitative estimate of drug-likeness (QED) is 0.534. The van der Waals surface area contributed by atoms with Crippen LogP contribution in [0.15, 0.2) is 0 Å². The molecule has 0 aliphatic carbocycles. The Morgan fingerprint density at radius 1 is 1.47 bits per heavy atom. The van der Waals surface area contributed by atoms with Crippen LogP contribution in [0.4, 0.5) is 4.79 Å². The molecular weight excluding hydrogens is 242 g/mol. The maximum absolute atomic E-state index is 11.3. The smallest absolute Gasteiger partial charge is 0.321 e. The molecular formula is C10H19N3O3S. The summed E-state index contributed by atoms with van der Waals surface area (Å²) in [6, 6.07) is -0.460. The fraction of sp³-hybridized carbons (Fsp3) is 0.800. The van der Waals surface area contributed by atoms with Crippen molar-refractivity contribution in [1.29, 1.82) is 0 Å². The zero-order valence-electron chi connectivity index (χ0n) is 9.95. The van der Waals surface area contributed by atoms with Crippen molar-refractivity contribution >= 4 is 23.7 Å². The van der Waals surface area contributed by atoms with Gasteiger partial charge in [-0.1, -0.05) is 0 Å². The lowest BCUT2D eigenvalue weighted by Gasteiger charge is -2.26. The highest BCUT2D eigenvalue weighted by atomic mass is 32.2. The largest absolute Gasteiger partial charge is 0.383 e. The van der Waals surface area contributed by atoms with E-state index in [1.807, 2.05) is 0 Å². The highest BCUT2D eigenvalue weighted by Crippen LogP contribution is 2.11. The number of nitrogens with one attached hydrogen (secondary N) is 3. The molecule has 3 amide bonds. The topological polar surface area (TPSA) is 79.5 Å². The van der Waals surface area contributed by atoms with Gasteiger partial charge in [-0.3, -0.25) is 10.1 Å². The Balaban J connectivity index is 1.97. The number of carbonyl (C=O) groups is 2. The van der Waals surface area contributed by atoms with Gasteiger partial charge in [-0.2, -0.15) is 11.8 Å². The second-order valence-electron chi connectivity index (χ2n) is 3.84. The lowest BCUT2D eigenvalue weighted by molar-refractivity contribution is -0.117. The molecule has 0 unspecified atom stereocenters. The average Bonchev–Trinajstić information content (AvgIpc) is 2.22. The van der Waals surface area contributed by atoms with Crippen molar-refractivity contribution in [1.82, 2.24) is 16.0 Å². The van der Waals surface area contributed by atoms with Crippen LogP contribution in [-0.2, 0) is 9.53 Å². The van der Waals surface area contributed by atoms with E-state index in [0.717, 1.165) is 18.8 Å². The van der Waals surface area contributed by atoms with E-state index in [-0.39, 0.29) is 5.91 Å². The lowest BCUT2D eigenvalue weighted by atomic mass is 10.1. The van der Waals surface area contributed by atoms with Crippen LogP contribution in [0.3, 0.4) is 0 Å². The van der Waals surface area contributed by atoms with E-state index in [4.69, 9.17) is 4.74 Å². The SMILES string of the molecule is COCCNC(=O)NC(=O)CSCC1CNC1. The lowest BCUT2D eigenvalue weighted by Crippen LogP contribution is -2.44.